The van der Waals surface area contributed by atoms with E-state index in [1.165, 1.54) is 43.8 Å². The van der Waals surface area contributed by atoms with E-state index in [2.05, 4.69) is 20.8 Å². The number of thioether (sulfide) groups is 1. The van der Waals surface area contributed by atoms with E-state index in [4.69, 9.17) is 16.3 Å². The first-order chi connectivity index (χ1) is 12.2. The van der Waals surface area contributed by atoms with Gasteiger partial charge in [-0.2, -0.15) is 16.4 Å². The maximum Gasteiger partial charge on any atom is 0.255 e. The highest BCUT2D eigenvalue weighted by molar-refractivity contribution is 7.99. The summed E-state index contributed by atoms with van der Waals surface area (Å²) in [5.41, 5.74) is 0.951. The zero-order valence-electron chi connectivity index (χ0n) is 13.9. The minimum Gasteiger partial charge on any atom is -0.496 e. The van der Waals surface area contributed by atoms with Crippen molar-refractivity contribution >= 4 is 29.3 Å². The first-order valence-electron chi connectivity index (χ1n) is 8.19. The second kappa shape index (κ2) is 8.53. The average molecular weight is 382 g/mol. The fourth-order valence-electron chi connectivity index (χ4n) is 2.88. The molecule has 1 aromatic carbocycles. The minimum atomic E-state index is -0.200. The molecule has 1 amide bonds. The monoisotopic (exact) mass is 381 g/mol. The first kappa shape index (κ1) is 18.0. The molecule has 134 valence electrons. The molecule has 0 atom stereocenters. The van der Waals surface area contributed by atoms with Crippen molar-refractivity contribution in [3.63, 3.8) is 0 Å². The smallest absolute Gasteiger partial charge is 0.255 e. The summed E-state index contributed by atoms with van der Waals surface area (Å²) in [6, 6.07) is 3.23. The molecule has 0 saturated heterocycles. The van der Waals surface area contributed by atoms with Gasteiger partial charge in [-0.25, -0.2) is 0 Å². The molecule has 9 heteroatoms. The fourth-order valence-corrected chi connectivity index (χ4v) is 4.35. The molecule has 1 saturated carbocycles. The number of amides is 1. The van der Waals surface area contributed by atoms with Crippen molar-refractivity contribution in [1.29, 1.82) is 0 Å². The molecule has 0 spiro atoms. The molecule has 3 rings (SSSR count). The van der Waals surface area contributed by atoms with Gasteiger partial charge in [0.1, 0.15) is 12.1 Å². The van der Waals surface area contributed by atoms with Crippen LogP contribution in [0.25, 0.3) is 5.69 Å². The van der Waals surface area contributed by atoms with Gasteiger partial charge >= 0.3 is 0 Å². The summed E-state index contributed by atoms with van der Waals surface area (Å²) in [7, 11) is 1.51. The second-order valence-electron chi connectivity index (χ2n) is 5.79. The summed E-state index contributed by atoms with van der Waals surface area (Å²) in [6.07, 6.45) is 6.67. The van der Waals surface area contributed by atoms with Crippen LogP contribution in [0.4, 0.5) is 0 Å². The van der Waals surface area contributed by atoms with Crippen LogP contribution < -0.4 is 10.1 Å². The van der Waals surface area contributed by atoms with E-state index in [0.29, 0.717) is 28.6 Å². The van der Waals surface area contributed by atoms with Crippen LogP contribution in [-0.2, 0) is 0 Å². The molecule has 1 fully saturated rings. The Kier molecular flexibility index (Phi) is 6.14. The van der Waals surface area contributed by atoms with E-state index in [0.717, 1.165) is 11.0 Å². The van der Waals surface area contributed by atoms with Crippen molar-refractivity contribution in [3.05, 3.63) is 29.0 Å². The van der Waals surface area contributed by atoms with Gasteiger partial charge in [-0.3, -0.25) is 4.79 Å². The molecule has 0 radical (unpaired) electrons. The lowest BCUT2D eigenvalue weighted by atomic mass is 10.1. The van der Waals surface area contributed by atoms with Gasteiger partial charge in [-0.05, 0) is 29.3 Å². The Morgan fingerprint density at radius 3 is 2.92 bits per heavy atom. The van der Waals surface area contributed by atoms with Crippen LogP contribution in [0.3, 0.4) is 0 Å². The molecule has 1 aliphatic carbocycles. The van der Waals surface area contributed by atoms with Gasteiger partial charge in [0.25, 0.3) is 5.91 Å². The normalized spacial score (nSPS) is 14.6. The molecule has 0 aliphatic heterocycles. The molecular weight excluding hydrogens is 362 g/mol. The topological polar surface area (TPSA) is 81.9 Å². The lowest BCUT2D eigenvalue weighted by molar-refractivity contribution is 0.0953. The van der Waals surface area contributed by atoms with Crippen molar-refractivity contribution < 1.29 is 9.53 Å². The molecule has 2 aromatic rings. The van der Waals surface area contributed by atoms with Crippen LogP contribution >= 0.6 is 23.4 Å². The predicted molar refractivity (Wildman–Crippen MR) is 97.8 cm³/mol. The number of carbonyl (C=O) groups excluding carboxylic acids is 1. The summed E-state index contributed by atoms with van der Waals surface area (Å²) >= 11 is 8.22. The van der Waals surface area contributed by atoms with E-state index >= 15 is 0 Å². The Balaban J connectivity index is 1.64. The maximum absolute atomic E-state index is 12.5. The number of methoxy groups -OCH3 is 1. The number of benzene rings is 1. The molecule has 1 aromatic heterocycles. The van der Waals surface area contributed by atoms with E-state index in [1.807, 2.05) is 11.8 Å². The number of hydrogen-bond donors (Lipinski definition) is 1. The third-order valence-electron chi connectivity index (χ3n) is 4.15. The first-order valence-corrected chi connectivity index (χ1v) is 9.62. The summed E-state index contributed by atoms with van der Waals surface area (Å²) in [6.45, 7) is 0.621. The highest BCUT2D eigenvalue weighted by atomic mass is 35.5. The summed E-state index contributed by atoms with van der Waals surface area (Å²) < 4.78 is 6.76. The van der Waals surface area contributed by atoms with Crippen LogP contribution in [0.1, 0.15) is 36.0 Å². The predicted octanol–water partition coefficient (Wildman–Crippen LogP) is 2.73. The van der Waals surface area contributed by atoms with Crippen LogP contribution in [0.2, 0.25) is 5.02 Å². The van der Waals surface area contributed by atoms with Crippen LogP contribution in [0.5, 0.6) is 5.75 Å². The number of tetrazole rings is 1. The van der Waals surface area contributed by atoms with Crippen LogP contribution in [0.15, 0.2) is 18.5 Å². The van der Waals surface area contributed by atoms with Gasteiger partial charge in [0.2, 0.25) is 0 Å². The van der Waals surface area contributed by atoms with Crippen molar-refractivity contribution in [2.24, 2.45) is 0 Å². The lowest BCUT2D eigenvalue weighted by Gasteiger charge is -2.13. The SMILES string of the molecule is COc1cc(-n2cnnn2)c(Cl)cc1C(=O)NCCSC1CCCC1. The zero-order valence-corrected chi connectivity index (χ0v) is 15.5. The largest absolute Gasteiger partial charge is 0.496 e. The van der Waals surface area contributed by atoms with E-state index < -0.39 is 0 Å². The minimum absolute atomic E-state index is 0.200. The zero-order chi connectivity index (χ0) is 17.6. The van der Waals surface area contributed by atoms with Gasteiger partial charge in [-0.1, -0.05) is 24.4 Å². The summed E-state index contributed by atoms with van der Waals surface area (Å²) in [5, 5.41) is 15.0. The number of ether oxygens (including phenoxy) is 1. The molecule has 0 unspecified atom stereocenters. The van der Waals surface area contributed by atoms with Crippen LogP contribution in [0, 0.1) is 0 Å². The maximum atomic E-state index is 12.5. The Morgan fingerprint density at radius 2 is 2.24 bits per heavy atom. The number of rotatable bonds is 7. The average Bonchev–Trinajstić information content (AvgIpc) is 3.32. The number of carbonyl (C=O) groups is 1. The van der Waals surface area contributed by atoms with Gasteiger partial charge < -0.3 is 10.1 Å². The molecule has 1 aliphatic rings. The van der Waals surface area contributed by atoms with Crippen molar-refractivity contribution in [3.8, 4) is 11.4 Å². The Bertz CT molecular complexity index is 720. The molecule has 1 N–H and O–H groups in total. The number of halogens is 1. The molecule has 0 bridgehead atoms. The van der Waals surface area contributed by atoms with E-state index in [9.17, 15) is 4.79 Å². The van der Waals surface area contributed by atoms with Gasteiger partial charge in [0, 0.05) is 23.6 Å². The number of aromatic nitrogens is 4. The third kappa shape index (κ3) is 4.43. The summed E-state index contributed by atoms with van der Waals surface area (Å²) in [5.74, 6) is 1.14. The molecule has 7 nitrogen and oxygen atoms in total. The molecular formula is C16H20ClN5O2S. The van der Waals surface area contributed by atoms with Gasteiger partial charge in [0.05, 0.1) is 23.4 Å². The number of nitrogens with one attached hydrogen (secondary N) is 1. The molecule has 25 heavy (non-hydrogen) atoms. The molecule has 1 heterocycles. The second-order valence-corrected chi connectivity index (χ2v) is 7.61. The number of nitrogens with zero attached hydrogens (tertiary/aromatic N) is 4. The van der Waals surface area contributed by atoms with Gasteiger partial charge in [-0.15, -0.1) is 5.10 Å². The number of hydrogen-bond acceptors (Lipinski definition) is 6. The Labute approximate surface area is 155 Å². The van der Waals surface area contributed by atoms with E-state index in [1.54, 1.807) is 12.1 Å². The van der Waals surface area contributed by atoms with E-state index in [-0.39, 0.29) is 5.91 Å². The lowest BCUT2D eigenvalue weighted by Crippen LogP contribution is -2.26. The van der Waals surface area contributed by atoms with Gasteiger partial charge in [0.15, 0.2) is 0 Å². The van der Waals surface area contributed by atoms with Crippen molar-refractivity contribution in [2.75, 3.05) is 19.4 Å². The third-order valence-corrected chi connectivity index (χ3v) is 5.84. The Hall–Kier alpha value is -1.80. The quantitative estimate of drug-likeness (QED) is 0.742. The summed E-state index contributed by atoms with van der Waals surface area (Å²) in [4.78, 5) is 12.5. The van der Waals surface area contributed by atoms with Crippen molar-refractivity contribution in [1.82, 2.24) is 25.5 Å². The fraction of sp³-hybridized carbons (Fsp3) is 0.500. The highest BCUT2D eigenvalue weighted by Crippen LogP contribution is 2.30. The Morgan fingerprint density at radius 1 is 1.44 bits per heavy atom. The van der Waals surface area contributed by atoms with Crippen molar-refractivity contribution in [2.45, 2.75) is 30.9 Å². The highest BCUT2D eigenvalue weighted by Gasteiger charge is 2.18. The van der Waals surface area contributed by atoms with Crippen LogP contribution in [-0.4, -0.2) is 50.8 Å². The standard InChI is InChI=1S/C16H20ClN5O2S/c1-24-15-9-14(22-10-19-20-21-22)13(17)8-12(15)16(23)18-6-7-25-11-4-2-3-5-11/h8-11H,2-7H2,1H3,(H,18,23).